The molecule has 3 heterocycles. The number of benzene rings is 2. The summed E-state index contributed by atoms with van der Waals surface area (Å²) in [5, 5.41) is 2.33. The van der Waals surface area contributed by atoms with E-state index in [1.165, 1.54) is 10.5 Å². The van der Waals surface area contributed by atoms with Crippen LogP contribution in [0.25, 0.3) is 0 Å². The quantitative estimate of drug-likeness (QED) is 0.566. The van der Waals surface area contributed by atoms with E-state index in [1.54, 1.807) is 12.1 Å². The second-order valence-electron chi connectivity index (χ2n) is 9.41. The van der Waals surface area contributed by atoms with Crippen LogP contribution in [0.15, 0.2) is 42.5 Å². The van der Waals surface area contributed by atoms with E-state index in [4.69, 9.17) is 15.2 Å². The van der Waals surface area contributed by atoms with Crippen molar-refractivity contribution < 1.29 is 23.9 Å². The lowest BCUT2D eigenvalue weighted by Gasteiger charge is -2.38. The monoisotopic (exact) mass is 514 g/mol. The van der Waals surface area contributed by atoms with E-state index >= 15 is 0 Å². The van der Waals surface area contributed by atoms with Crippen molar-refractivity contribution >= 4 is 30.1 Å². The Morgan fingerprint density at radius 2 is 1.83 bits per heavy atom. The molecule has 0 bridgehead atoms. The number of ether oxygens (including phenoxy) is 2. The van der Waals surface area contributed by atoms with Crippen LogP contribution in [0.2, 0.25) is 0 Å². The van der Waals surface area contributed by atoms with Gasteiger partial charge < -0.3 is 20.1 Å². The van der Waals surface area contributed by atoms with Crippen LogP contribution >= 0.6 is 12.4 Å². The third kappa shape index (κ3) is 5.24. The maximum absolute atomic E-state index is 13.0. The number of nitrogens with zero attached hydrogens (tertiary/aromatic N) is 2. The smallest absolute Gasteiger partial charge is 0.255 e. The largest absolute Gasteiger partial charge is 0.489 e. The first kappa shape index (κ1) is 26.1. The fourth-order valence-corrected chi connectivity index (χ4v) is 4.96. The molecule has 0 aliphatic carbocycles. The Balaban J connectivity index is 0.00000304. The molecule has 36 heavy (non-hydrogen) atoms. The Hall–Kier alpha value is -2.98. The van der Waals surface area contributed by atoms with Gasteiger partial charge in [-0.3, -0.25) is 24.6 Å². The number of amides is 3. The third-order valence-corrected chi connectivity index (χ3v) is 6.96. The summed E-state index contributed by atoms with van der Waals surface area (Å²) in [4.78, 5) is 40.5. The number of nitrogens with two attached hydrogens (primary N) is 1. The van der Waals surface area contributed by atoms with E-state index in [-0.39, 0.29) is 49.4 Å². The van der Waals surface area contributed by atoms with Gasteiger partial charge in [0, 0.05) is 30.1 Å². The van der Waals surface area contributed by atoms with Gasteiger partial charge in [-0.05, 0) is 36.6 Å². The van der Waals surface area contributed by atoms with Crippen LogP contribution in [0.1, 0.15) is 46.8 Å². The van der Waals surface area contributed by atoms with Gasteiger partial charge in [-0.25, -0.2) is 0 Å². The van der Waals surface area contributed by atoms with Crippen LogP contribution in [-0.4, -0.2) is 59.0 Å². The minimum atomic E-state index is -0.643. The van der Waals surface area contributed by atoms with Crippen molar-refractivity contribution in [2.75, 3.05) is 13.2 Å². The highest BCUT2D eigenvalue weighted by Crippen LogP contribution is 2.34. The molecule has 9 nitrogen and oxygen atoms in total. The van der Waals surface area contributed by atoms with Gasteiger partial charge in [0.05, 0.1) is 25.9 Å². The van der Waals surface area contributed by atoms with Gasteiger partial charge in [0.15, 0.2) is 0 Å². The van der Waals surface area contributed by atoms with Crippen LogP contribution in [-0.2, 0) is 34.0 Å². The van der Waals surface area contributed by atoms with E-state index in [1.807, 2.05) is 18.2 Å². The number of hydrogen-bond acceptors (Lipinski definition) is 7. The normalized spacial score (nSPS) is 24.2. The van der Waals surface area contributed by atoms with Crippen molar-refractivity contribution in [1.29, 1.82) is 0 Å². The Morgan fingerprint density at radius 3 is 2.56 bits per heavy atom. The number of nitrogens with one attached hydrogen (secondary N) is 1. The van der Waals surface area contributed by atoms with E-state index in [2.05, 4.69) is 29.3 Å². The maximum atomic E-state index is 13.0. The highest BCUT2D eigenvalue weighted by molar-refractivity contribution is 6.05. The fraction of sp³-hybridized carbons (Fsp3) is 0.423. The van der Waals surface area contributed by atoms with Crippen LogP contribution in [0, 0.1) is 0 Å². The molecular formula is C26H31ClN4O5. The minimum absolute atomic E-state index is 0. The SMILES string of the molecule is C[C@@H]1COC[C@H](N)N1Cc1ccc(COc2cccc3c2CN(C2CCC(=O)NC2=O)C3=O)cc1.Cl. The second kappa shape index (κ2) is 11.0. The lowest BCUT2D eigenvalue weighted by molar-refractivity contribution is -0.136. The fourth-order valence-electron chi connectivity index (χ4n) is 4.96. The molecule has 2 aromatic carbocycles. The topological polar surface area (TPSA) is 114 Å². The Labute approximate surface area is 216 Å². The summed E-state index contributed by atoms with van der Waals surface area (Å²) < 4.78 is 11.6. The molecular weight excluding hydrogens is 484 g/mol. The summed E-state index contributed by atoms with van der Waals surface area (Å²) in [7, 11) is 0. The molecule has 2 saturated heterocycles. The van der Waals surface area contributed by atoms with Crippen molar-refractivity contribution in [2.45, 2.75) is 57.7 Å². The number of carbonyl (C=O) groups is 3. The van der Waals surface area contributed by atoms with Crippen LogP contribution < -0.4 is 15.8 Å². The molecule has 3 aliphatic heterocycles. The third-order valence-electron chi connectivity index (χ3n) is 6.96. The molecule has 3 N–H and O–H groups in total. The summed E-state index contributed by atoms with van der Waals surface area (Å²) in [6.07, 6.45) is 0.456. The minimum Gasteiger partial charge on any atom is -0.489 e. The van der Waals surface area contributed by atoms with Gasteiger partial charge in [0.25, 0.3) is 5.91 Å². The molecule has 3 aliphatic rings. The van der Waals surface area contributed by atoms with Crippen LogP contribution in [0.5, 0.6) is 5.75 Å². The first-order chi connectivity index (χ1) is 16.9. The molecule has 0 spiro atoms. The summed E-state index contributed by atoms with van der Waals surface area (Å²) in [5.74, 6) is -0.298. The van der Waals surface area contributed by atoms with Crippen molar-refractivity contribution in [3.05, 3.63) is 64.7 Å². The van der Waals surface area contributed by atoms with Gasteiger partial charge in [0.1, 0.15) is 18.4 Å². The van der Waals surface area contributed by atoms with Crippen LogP contribution in [0.3, 0.4) is 0 Å². The highest BCUT2D eigenvalue weighted by Gasteiger charge is 2.40. The lowest BCUT2D eigenvalue weighted by Crippen LogP contribution is -2.54. The number of fused-ring (bicyclic) bond motifs is 1. The summed E-state index contributed by atoms with van der Waals surface area (Å²) in [6.45, 7) is 4.75. The molecule has 0 aromatic heterocycles. The summed E-state index contributed by atoms with van der Waals surface area (Å²) in [5.41, 5.74) is 9.70. The van der Waals surface area contributed by atoms with Gasteiger partial charge in [0.2, 0.25) is 11.8 Å². The zero-order chi connectivity index (χ0) is 24.5. The zero-order valence-corrected chi connectivity index (χ0v) is 21.0. The predicted octanol–water partition coefficient (Wildman–Crippen LogP) is 1.95. The summed E-state index contributed by atoms with van der Waals surface area (Å²) >= 11 is 0. The molecule has 1 unspecified atom stereocenters. The van der Waals surface area contributed by atoms with Crippen molar-refractivity contribution in [3.63, 3.8) is 0 Å². The highest BCUT2D eigenvalue weighted by atomic mass is 35.5. The lowest BCUT2D eigenvalue weighted by atomic mass is 10.0. The first-order valence-corrected chi connectivity index (χ1v) is 12.0. The molecule has 10 heteroatoms. The maximum Gasteiger partial charge on any atom is 0.255 e. The second-order valence-corrected chi connectivity index (χ2v) is 9.41. The van der Waals surface area contributed by atoms with E-state index in [9.17, 15) is 14.4 Å². The average Bonchev–Trinajstić information content (AvgIpc) is 3.18. The number of morpholine rings is 1. The Kier molecular flexibility index (Phi) is 7.94. The zero-order valence-electron chi connectivity index (χ0n) is 20.1. The molecule has 5 rings (SSSR count). The molecule has 3 atom stereocenters. The first-order valence-electron chi connectivity index (χ1n) is 12.0. The predicted molar refractivity (Wildman–Crippen MR) is 134 cm³/mol. The number of halogens is 1. The standard InChI is InChI=1S/C26H30N4O5.ClH/c1-16-13-34-15-23(27)29(16)11-17-5-7-18(8-6-17)14-35-22-4-2-3-19-20(22)12-30(26(19)33)21-9-10-24(31)28-25(21)32;/h2-8,16,21,23H,9-15,27H2,1H3,(H,28,31,32);1H/t16-,21?,23-;/m1./s1. The van der Waals surface area contributed by atoms with Gasteiger partial charge in [-0.2, -0.15) is 0 Å². The number of piperidine rings is 1. The van der Waals surface area contributed by atoms with Crippen molar-refractivity contribution in [2.24, 2.45) is 5.73 Å². The van der Waals surface area contributed by atoms with E-state index in [0.29, 0.717) is 37.6 Å². The number of rotatable bonds is 6. The van der Waals surface area contributed by atoms with Gasteiger partial charge >= 0.3 is 0 Å². The Morgan fingerprint density at radius 1 is 1.08 bits per heavy atom. The summed E-state index contributed by atoms with van der Waals surface area (Å²) in [6, 6.07) is 13.2. The number of hydrogen-bond donors (Lipinski definition) is 2. The molecule has 0 radical (unpaired) electrons. The number of carbonyl (C=O) groups excluding carboxylic acids is 3. The van der Waals surface area contributed by atoms with Crippen molar-refractivity contribution in [3.8, 4) is 5.75 Å². The molecule has 2 aromatic rings. The van der Waals surface area contributed by atoms with Gasteiger partial charge in [-0.1, -0.05) is 30.3 Å². The molecule has 192 valence electrons. The molecule has 3 amide bonds. The molecule has 2 fully saturated rings. The number of imide groups is 1. The van der Waals surface area contributed by atoms with Gasteiger partial charge in [-0.15, -0.1) is 12.4 Å². The van der Waals surface area contributed by atoms with Crippen LogP contribution in [0.4, 0.5) is 0 Å². The van der Waals surface area contributed by atoms with E-state index < -0.39 is 11.9 Å². The molecule has 0 saturated carbocycles. The average molecular weight is 515 g/mol. The Bertz CT molecular complexity index is 1130. The van der Waals surface area contributed by atoms with Crippen molar-refractivity contribution in [1.82, 2.24) is 15.1 Å². The van der Waals surface area contributed by atoms with E-state index in [0.717, 1.165) is 17.7 Å².